The Morgan fingerprint density at radius 3 is 2.31 bits per heavy atom. The van der Waals surface area contributed by atoms with Crippen LogP contribution < -0.4 is 0 Å². The van der Waals surface area contributed by atoms with E-state index in [0.717, 1.165) is 0 Å². The van der Waals surface area contributed by atoms with Crippen molar-refractivity contribution in [2.75, 3.05) is 6.26 Å². The van der Waals surface area contributed by atoms with E-state index in [1.807, 2.05) is 18.2 Å². The Morgan fingerprint density at radius 2 is 1.85 bits per heavy atom. The zero-order valence-electron chi connectivity index (χ0n) is 8.25. The summed E-state index contributed by atoms with van der Waals surface area (Å²) in [4.78, 5) is -0.263. The number of rotatable bonds is 3. The van der Waals surface area contributed by atoms with E-state index in [1.165, 1.54) is 5.56 Å². The van der Waals surface area contributed by atoms with E-state index in [9.17, 15) is 0 Å². The van der Waals surface area contributed by atoms with Crippen molar-refractivity contribution in [1.29, 1.82) is 0 Å². The maximum Gasteiger partial charge on any atom is 0.0782 e. The first-order chi connectivity index (χ1) is 6.09. The lowest BCUT2D eigenvalue weighted by molar-refractivity contribution is 0.668. The molecule has 1 aromatic rings. The number of hydrogen-bond acceptors (Lipinski definition) is 1. The number of hydrogen-bond donors (Lipinski definition) is 0. The zero-order valence-corrected chi connectivity index (χ0v) is 9.82. The Kier molecular flexibility index (Phi) is 3.69. The highest BCUT2D eigenvalue weighted by atomic mass is 35.5. The predicted octanol–water partition coefficient (Wildman–Crippen LogP) is 3.89. The molecule has 0 aromatic heterocycles. The van der Waals surface area contributed by atoms with Gasteiger partial charge in [-0.3, -0.25) is 0 Å². The molecule has 0 heterocycles. The van der Waals surface area contributed by atoms with Crippen molar-refractivity contribution in [1.82, 2.24) is 0 Å². The lowest BCUT2D eigenvalue weighted by Gasteiger charge is -2.28. The van der Waals surface area contributed by atoms with Crippen LogP contribution in [-0.4, -0.2) is 11.5 Å². The van der Waals surface area contributed by atoms with Crippen molar-refractivity contribution in [3.63, 3.8) is 0 Å². The van der Waals surface area contributed by atoms with Crippen LogP contribution in [0.25, 0.3) is 0 Å². The van der Waals surface area contributed by atoms with E-state index in [4.69, 9.17) is 11.6 Å². The summed E-state index contributed by atoms with van der Waals surface area (Å²) in [6.45, 7) is 4.23. The molecule has 0 fully saturated rings. The van der Waals surface area contributed by atoms with Crippen LogP contribution in [0.2, 0.25) is 0 Å². The van der Waals surface area contributed by atoms with E-state index in [1.54, 1.807) is 11.8 Å². The van der Waals surface area contributed by atoms with Gasteiger partial charge in [-0.2, -0.15) is 11.8 Å². The van der Waals surface area contributed by atoms with Crippen molar-refractivity contribution in [3.05, 3.63) is 35.9 Å². The summed E-state index contributed by atoms with van der Waals surface area (Å²) in [7, 11) is 0. The molecular weight excluding hydrogens is 200 g/mol. The third-order valence-electron chi connectivity index (χ3n) is 2.46. The fourth-order valence-electron chi connectivity index (χ4n) is 1.22. The number of alkyl halides is 1. The molecule has 13 heavy (non-hydrogen) atoms. The summed E-state index contributed by atoms with van der Waals surface area (Å²) < 4.78 is 0. The highest BCUT2D eigenvalue weighted by Crippen LogP contribution is 2.37. The molecule has 0 saturated heterocycles. The molecule has 2 unspecified atom stereocenters. The van der Waals surface area contributed by atoms with Gasteiger partial charge in [-0.05, 0) is 18.7 Å². The van der Waals surface area contributed by atoms with Crippen LogP contribution in [0.4, 0.5) is 0 Å². The zero-order chi connectivity index (χ0) is 9.90. The maximum absolute atomic E-state index is 6.49. The van der Waals surface area contributed by atoms with Crippen LogP contribution >= 0.6 is 23.4 Å². The Morgan fingerprint density at radius 1 is 1.31 bits per heavy atom. The van der Waals surface area contributed by atoms with Gasteiger partial charge in [0.1, 0.15) is 0 Å². The van der Waals surface area contributed by atoms with Gasteiger partial charge in [0, 0.05) is 5.25 Å². The highest BCUT2D eigenvalue weighted by molar-refractivity contribution is 7.99. The average molecular weight is 215 g/mol. The molecule has 1 aromatic carbocycles. The van der Waals surface area contributed by atoms with Gasteiger partial charge >= 0.3 is 0 Å². The van der Waals surface area contributed by atoms with E-state index in [2.05, 4.69) is 32.2 Å². The van der Waals surface area contributed by atoms with E-state index >= 15 is 0 Å². The minimum Gasteiger partial charge on any atom is -0.160 e. The molecule has 0 aliphatic carbocycles. The largest absolute Gasteiger partial charge is 0.160 e. The third-order valence-corrected chi connectivity index (χ3v) is 4.31. The summed E-state index contributed by atoms with van der Waals surface area (Å²) in [6.07, 6.45) is 2.09. The summed E-state index contributed by atoms with van der Waals surface area (Å²) in [5.41, 5.74) is 1.19. The summed E-state index contributed by atoms with van der Waals surface area (Å²) >= 11 is 8.29. The standard InChI is InChI=1S/C11H15ClS/c1-9(13-3)11(2,12)10-7-5-4-6-8-10/h4-9H,1-3H3. The van der Waals surface area contributed by atoms with E-state index in [-0.39, 0.29) is 4.87 Å². The van der Waals surface area contributed by atoms with Gasteiger partial charge in [-0.25, -0.2) is 0 Å². The summed E-state index contributed by atoms with van der Waals surface area (Å²) in [5, 5.41) is 0.413. The molecule has 0 bridgehead atoms. The number of halogens is 1. The molecule has 0 aliphatic rings. The van der Waals surface area contributed by atoms with Crippen LogP contribution in [0.5, 0.6) is 0 Å². The van der Waals surface area contributed by atoms with E-state index in [0.29, 0.717) is 5.25 Å². The second-order valence-corrected chi connectivity index (χ2v) is 5.28. The fourth-order valence-corrected chi connectivity index (χ4v) is 2.19. The maximum atomic E-state index is 6.49. The molecule has 0 saturated carbocycles. The van der Waals surface area contributed by atoms with Crippen LogP contribution in [0.3, 0.4) is 0 Å². The minimum atomic E-state index is -0.263. The molecule has 0 aliphatic heterocycles. The monoisotopic (exact) mass is 214 g/mol. The quantitative estimate of drug-likeness (QED) is 0.688. The van der Waals surface area contributed by atoms with Crippen LogP contribution in [0.15, 0.2) is 30.3 Å². The predicted molar refractivity (Wildman–Crippen MR) is 62.6 cm³/mol. The van der Waals surface area contributed by atoms with Crippen molar-refractivity contribution >= 4 is 23.4 Å². The Hall–Kier alpha value is -0.140. The molecule has 72 valence electrons. The lowest BCUT2D eigenvalue weighted by atomic mass is 9.97. The first-order valence-electron chi connectivity index (χ1n) is 4.36. The Bertz CT molecular complexity index is 256. The van der Waals surface area contributed by atoms with Crippen molar-refractivity contribution in [2.45, 2.75) is 24.0 Å². The molecule has 0 spiro atoms. The average Bonchev–Trinajstić information content (AvgIpc) is 2.18. The highest BCUT2D eigenvalue weighted by Gasteiger charge is 2.29. The second kappa shape index (κ2) is 4.39. The summed E-state index contributed by atoms with van der Waals surface area (Å²) in [6, 6.07) is 10.2. The van der Waals surface area contributed by atoms with Gasteiger partial charge in [0.05, 0.1) is 4.87 Å². The molecule has 0 N–H and O–H groups in total. The van der Waals surface area contributed by atoms with Gasteiger partial charge < -0.3 is 0 Å². The third kappa shape index (κ3) is 2.41. The van der Waals surface area contributed by atoms with Crippen LogP contribution in [-0.2, 0) is 4.87 Å². The molecule has 2 atom stereocenters. The molecule has 2 heteroatoms. The smallest absolute Gasteiger partial charge is 0.0782 e. The van der Waals surface area contributed by atoms with Crippen molar-refractivity contribution in [3.8, 4) is 0 Å². The minimum absolute atomic E-state index is 0.263. The normalized spacial score (nSPS) is 17.8. The second-order valence-electron chi connectivity index (χ2n) is 3.32. The van der Waals surface area contributed by atoms with Crippen LogP contribution in [0, 0.1) is 0 Å². The fraction of sp³-hybridized carbons (Fsp3) is 0.455. The first kappa shape index (κ1) is 10.9. The Balaban J connectivity index is 2.93. The van der Waals surface area contributed by atoms with E-state index < -0.39 is 0 Å². The van der Waals surface area contributed by atoms with Crippen molar-refractivity contribution < 1.29 is 0 Å². The van der Waals surface area contributed by atoms with Gasteiger partial charge in [-0.15, -0.1) is 11.6 Å². The summed E-state index contributed by atoms with van der Waals surface area (Å²) in [5.74, 6) is 0. The molecule has 0 radical (unpaired) electrons. The lowest BCUT2D eigenvalue weighted by Crippen LogP contribution is -2.25. The molecular formula is C11H15ClS. The Labute approximate surface area is 89.7 Å². The van der Waals surface area contributed by atoms with Crippen molar-refractivity contribution in [2.24, 2.45) is 0 Å². The van der Waals surface area contributed by atoms with Gasteiger partial charge in [-0.1, -0.05) is 37.3 Å². The first-order valence-corrected chi connectivity index (χ1v) is 6.03. The molecule has 0 nitrogen and oxygen atoms in total. The SMILES string of the molecule is CSC(C)C(C)(Cl)c1ccccc1. The van der Waals surface area contributed by atoms with Gasteiger partial charge in [0.2, 0.25) is 0 Å². The van der Waals surface area contributed by atoms with Gasteiger partial charge in [0.15, 0.2) is 0 Å². The molecule has 0 amide bonds. The number of benzene rings is 1. The number of thioether (sulfide) groups is 1. The molecule has 1 rings (SSSR count). The van der Waals surface area contributed by atoms with Gasteiger partial charge in [0.25, 0.3) is 0 Å². The van der Waals surface area contributed by atoms with Crippen LogP contribution in [0.1, 0.15) is 19.4 Å². The topological polar surface area (TPSA) is 0 Å².